The van der Waals surface area contributed by atoms with Gasteiger partial charge in [-0.15, -0.1) is 0 Å². The average molecular weight is 344 g/mol. The summed E-state index contributed by atoms with van der Waals surface area (Å²) in [7, 11) is 1.90. The number of nitrogens with zero attached hydrogens (tertiary/aromatic N) is 4. The summed E-state index contributed by atoms with van der Waals surface area (Å²) in [6.07, 6.45) is 4.81. The molecule has 1 aromatic carbocycles. The van der Waals surface area contributed by atoms with Crippen LogP contribution in [0.3, 0.4) is 0 Å². The van der Waals surface area contributed by atoms with E-state index in [0.29, 0.717) is 23.5 Å². The van der Waals surface area contributed by atoms with Gasteiger partial charge in [0.1, 0.15) is 23.3 Å². The Morgan fingerprint density at radius 1 is 1.36 bits per heavy atom. The normalized spacial score (nSPS) is 18.0. The number of imidazole rings is 1. The van der Waals surface area contributed by atoms with Crippen LogP contribution in [-0.2, 0) is 13.6 Å². The lowest BCUT2D eigenvalue weighted by molar-refractivity contribution is 0.0472. The molecule has 0 aliphatic carbocycles. The van der Waals surface area contributed by atoms with Crippen molar-refractivity contribution in [3.05, 3.63) is 48.1 Å². The van der Waals surface area contributed by atoms with Crippen molar-refractivity contribution in [1.82, 2.24) is 19.4 Å². The lowest BCUT2D eigenvalue weighted by Gasteiger charge is -2.33. The third-order valence-electron chi connectivity index (χ3n) is 4.96. The quantitative estimate of drug-likeness (QED) is 0.788. The SMILES string of the molecule is Cn1ccnc1C(O)C1CCN(Cc2nc3ccc(F)cc3o2)CC1. The molecule has 132 valence electrons. The Hall–Kier alpha value is -2.25. The first-order valence-electron chi connectivity index (χ1n) is 8.53. The van der Waals surface area contributed by atoms with Crippen LogP contribution >= 0.6 is 0 Å². The van der Waals surface area contributed by atoms with Crippen LogP contribution in [0.1, 0.15) is 30.7 Å². The Morgan fingerprint density at radius 2 is 2.16 bits per heavy atom. The van der Waals surface area contributed by atoms with E-state index >= 15 is 0 Å². The molecule has 1 aliphatic rings. The third-order valence-corrected chi connectivity index (χ3v) is 4.96. The van der Waals surface area contributed by atoms with Gasteiger partial charge in [-0.25, -0.2) is 14.4 Å². The molecule has 1 N–H and O–H groups in total. The molecule has 0 spiro atoms. The number of benzene rings is 1. The molecule has 3 aromatic rings. The highest BCUT2D eigenvalue weighted by molar-refractivity contribution is 5.72. The molecule has 6 nitrogen and oxygen atoms in total. The maximum absolute atomic E-state index is 13.2. The second-order valence-corrected chi connectivity index (χ2v) is 6.67. The van der Waals surface area contributed by atoms with Gasteiger partial charge in [0.2, 0.25) is 5.89 Å². The van der Waals surface area contributed by atoms with E-state index in [-0.39, 0.29) is 11.7 Å². The zero-order valence-corrected chi connectivity index (χ0v) is 14.1. The minimum Gasteiger partial charge on any atom is -0.439 e. The maximum atomic E-state index is 13.2. The second kappa shape index (κ2) is 6.57. The highest BCUT2D eigenvalue weighted by Crippen LogP contribution is 2.30. The molecule has 1 aliphatic heterocycles. The standard InChI is InChI=1S/C18H21FN4O2/c1-22-9-6-20-18(22)17(24)12-4-7-23(8-5-12)11-16-21-14-3-2-13(19)10-15(14)25-16/h2-3,6,9-10,12,17,24H,4-5,7-8,11H2,1H3. The number of aliphatic hydroxyl groups excluding tert-OH is 1. The molecule has 0 radical (unpaired) electrons. The number of piperidine rings is 1. The van der Waals surface area contributed by atoms with Crippen LogP contribution in [0, 0.1) is 11.7 Å². The molecule has 1 atom stereocenters. The van der Waals surface area contributed by atoms with Crippen LogP contribution in [0.4, 0.5) is 4.39 Å². The number of rotatable bonds is 4. The number of halogens is 1. The van der Waals surface area contributed by atoms with Gasteiger partial charge >= 0.3 is 0 Å². The lowest BCUT2D eigenvalue weighted by Crippen LogP contribution is -2.35. The molecule has 0 amide bonds. The summed E-state index contributed by atoms with van der Waals surface area (Å²) in [5.74, 6) is 1.21. The Labute approximate surface area is 144 Å². The molecular weight excluding hydrogens is 323 g/mol. The van der Waals surface area contributed by atoms with Crippen molar-refractivity contribution < 1.29 is 13.9 Å². The largest absolute Gasteiger partial charge is 0.439 e. The van der Waals surface area contributed by atoms with Gasteiger partial charge in [-0.3, -0.25) is 4.90 Å². The Bertz CT molecular complexity index is 867. The van der Waals surface area contributed by atoms with E-state index in [1.54, 1.807) is 12.3 Å². The molecule has 1 unspecified atom stereocenters. The molecule has 25 heavy (non-hydrogen) atoms. The van der Waals surface area contributed by atoms with Crippen molar-refractivity contribution in [3.63, 3.8) is 0 Å². The Kier molecular flexibility index (Phi) is 4.27. The molecule has 2 aromatic heterocycles. The van der Waals surface area contributed by atoms with Crippen molar-refractivity contribution in [2.24, 2.45) is 13.0 Å². The van der Waals surface area contributed by atoms with Gasteiger partial charge in [0, 0.05) is 25.5 Å². The van der Waals surface area contributed by atoms with Crippen LogP contribution in [0.2, 0.25) is 0 Å². The summed E-state index contributed by atoms with van der Waals surface area (Å²) in [5.41, 5.74) is 1.16. The summed E-state index contributed by atoms with van der Waals surface area (Å²) in [4.78, 5) is 10.9. The number of likely N-dealkylation sites (tertiary alicyclic amines) is 1. The summed E-state index contributed by atoms with van der Waals surface area (Å²) in [6.45, 7) is 2.32. The first-order chi connectivity index (χ1) is 12.1. The van der Waals surface area contributed by atoms with Crippen molar-refractivity contribution in [2.75, 3.05) is 13.1 Å². The first kappa shape index (κ1) is 16.2. The Balaban J connectivity index is 1.37. The van der Waals surface area contributed by atoms with Gasteiger partial charge in [-0.1, -0.05) is 0 Å². The van der Waals surface area contributed by atoms with E-state index < -0.39 is 6.10 Å². The lowest BCUT2D eigenvalue weighted by atomic mass is 9.91. The van der Waals surface area contributed by atoms with E-state index in [2.05, 4.69) is 14.9 Å². The van der Waals surface area contributed by atoms with E-state index in [1.165, 1.54) is 12.1 Å². The van der Waals surface area contributed by atoms with Crippen molar-refractivity contribution in [2.45, 2.75) is 25.5 Å². The summed E-state index contributed by atoms with van der Waals surface area (Å²) in [5, 5.41) is 10.5. The number of hydrogen-bond acceptors (Lipinski definition) is 5. The number of aromatic nitrogens is 3. The molecular formula is C18H21FN4O2. The highest BCUT2D eigenvalue weighted by atomic mass is 19.1. The number of aliphatic hydroxyl groups is 1. The molecule has 0 saturated carbocycles. The smallest absolute Gasteiger partial charge is 0.209 e. The van der Waals surface area contributed by atoms with Crippen LogP contribution in [0.15, 0.2) is 35.0 Å². The second-order valence-electron chi connectivity index (χ2n) is 6.67. The van der Waals surface area contributed by atoms with Crippen molar-refractivity contribution >= 4 is 11.1 Å². The topological polar surface area (TPSA) is 67.3 Å². The van der Waals surface area contributed by atoms with Gasteiger partial charge in [0.25, 0.3) is 0 Å². The van der Waals surface area contributed by atoms with Gasteiger partial charge in [-0.2, -0.15) is 0 Å². The van der Waals surface area contributed by atoms with E-state index in [4.69, 9.17) is 4.42 Å². The van der Waals surface area contributed by atoms with Crippen LogP contribution in [-0.4, -0.2) is 37.6 Å². The fourth-order valence-corrected chi connectivity index (χ4v) is 3.50. The monoisotopic (exact) mass is 344 g/mol. The summed E-state index contributed by atoms with van der Waals surface area (Å²) < 4.78 is 20.8. The minimum absolute atomic E-state index is 0.204. The molecule has 4 rings (SSSR count). The first-order valence-corrected chi connectivity index (χ1v) is 8.53. The molecule has 0 bridgehead atoms. The predicted octanol–water partition coefficient (Wildman–Crippen LogP) is 2.65. The van der Waals surface area contributed by atoms with Gasteiger partial charge < -0.3 is 14.1 Å². The zero-order valence-electron chi connectivity index (χ0n) is 14.1. The van der Waals surface area contributed by atoms with Crippen LogP contribution in [0.25, 0.3) is 11.1 Å². The molecule has 7 heteroatoms. The van der Waals surface area contributed by atoms with Gasteiger partial charge in [0.15, 0.2) is 5.58 Å². The third kappa shape index (κ3) is 3.29. The number of oxazole rings is 1. The Morgan fingerprint density at radius 3 is 2.88 bits per heavy atom. The highest BCUT2D eigenvalue weighted by Gasteiger charge is 2.28. The molecule has 1 saturated heterocycles. The number of aryl methyl sites for hydroxylation is 1. The van der Waals surface area contributed by atoms with Gasteiger partial charge in [-0.05, 0) is 44.0 Å². The zero-order chi connectivity index (χ0) is 17.4. The fourth-order valence-electron chi connectivity index (χ4n) is 3.50. The fraction of sp³-hybridized carbons (Fsp3) is 0.444. The maximum Gasteiger partial charge on any atom is 0.209 e. The summed E-state index contributed by atoms with van der Waals surface area (Å²) >= 11 is 0. The van der Waals surface area contributed by atoms with Crippen molar-refractivity contribution in [1.29, 1.82) is 0 Å². The van der Waals surface area contributed by atoms with E-state index in [9.17, 15) is 9.50 Å². The van der Waals surface area contributed by atoms with Crippen LogP contribution in [0.5, 0.6) is 0 Å². The van der Waals surface area contributed by atoms with Crippen LogP contribution < -0.4 is 0 Å². The minimum atomic E-state index is -0.533. The predicted molar refractivity (Wildman–Crippen MR) is 90.1 cm³/mol. The van der Waals surface area contributed by atoms with Gasteiger partial charge in [0.05, 0.1) is 6.54 Å². The number of fused-ring (bicyclic) bond motifs is 1. The van der Waals surface area contributed by atoms with E-state index in [0.717, 1.165) is 31.8 Å². The van der Waals surface area contributed by atoms with Crippen molar-refractivity contribution in [3.8, 4) is 0 Å². The summed E-state index contributed by atoms with van der Waals surface area (Å²) in [6, 6.07) is 4.38. The van der Waals surface area contributed by atoms with E-state index in [1.807, 2.05) is 17.8 Å². The number of hydrogen-bond donors (Lipinski definition) is 1. The average Bonchev–Trinajstić information content (AvgIpc) is 3.20. The molecule has 1 fully saturated rings. The molecule has 3 heterocycles.